The number of hydrogen-bond acceptors (Lipinski definition) is 5. The normalized spacial score (nSPS) is 10.3. The molecule has 0 fully saturated rings. The van der Waals surface area contributed by atoms with Crippen molar-refractivity contribution in [2.75, 3.05) is 5.32 Å². The maximum atomic E-state index is 12.4. The Balaban J connectivity index is 1.59. The number of rotatable bonds is 7. The lowest BCUT2D eigenvalue weighted by atomic mass is 9.91. The van der Waals surface area contributed by atoms with Gasteiger partial charge in [0.2, 0.25) is 0 Å². The van der Waals surface area contributed by atoms with Crippen LogP contribution in [0, 0.1) is 0 Å². The van der Waals surface area contributed by atoms with Crippen LogP contribution >= 0.6 is 0 Å². The Bertz CT molecular complexity index is 874. The van der Waals surface area contributed by atoms with Crippen LogP contribution in [0.1, 0.15) is 21.5 Å². The van der Waals surface area contributed by atoms with E-state index in [4.69, 9.17) is 4.84 Å². The van der Waals surface area contributed by atoms with E-state index in [1.54, 1.807) is 30.7 Å². The molecular formula is C19H19BN4O2. The smallest absolute Gasteiger partial charge is 0.278 e. The van der Waals surface area contributed by atoms with Crippen molar-refractivity contribution in [2.45, 2.75) is 13.2 Å². The lowest BCUT2D eigenvalue weighted by molar-refractivity contribution is 0.0236. The molecule has 1 aromatic carbocycles. The summed E-state index contributed by atoms with van der Waals surface area (Å²) in [6.07, 6.45) is 5.09. The van der Waals surface area contributed by atoms with E-state index in [1.807, 2.05) is 44.2 Å². The Hall–Kier alpha value is -3.19. The average molecular weight is 346 g/mol. The van der Waals surface area contributed by atoms with Gasteiger partial charge in [-0.15, -0.1) is 0 Å². The number of pyridine rings is 2. The molecule has 7 heteroatoms. The average Bonchev–Trinajstić information content (AvgIpc) is 2.69. The van der Waals surface area contributed by atoms with Gasteiger partial charge in [-0.2, -0.15) is 0 Å². The lowest BCUT2D eigenvalue weighted by Gasteiger charge is -2.12. The van der Waals surface area contributed by atoms with E-state index in [1.165, 1.54) is 0 Å². The number of carbonyl (C=O) groups excluding carboxylic acids is 1. The SMILES string of the molecule is Bc1ccccc1CONC(=O)c1cccnc1NCc1ccncc1. The molecule has 0 unspecified atom stereocenters. The third-order valence-electron chi connectivity index (χ3n) is 3.92. The van der Waals surface area contributed by atoms with E-state index < -0.39 is 0 Å². The first-order valence-corrected chi connectivity index (χ1v) is 8.28. The van der Waals surface area contributed by atoms with Gasteiger partial charge in [-0.25, -0.2) is 10.5 Å². The van der Waals surface area contributed by atoms with E-state index in [0.717, 1.165) is 16.6 Å². The highest BCUT2D eigenvalue weighted by atomic mass is 16.6. The Kier molecular flexibility index (Phi) is 5.95. The number of hydrogen-bond donors (Lipinski definition) is 2. The standard InChI is InChI=1S/C19H19BN4O2/c20-17-6-2-1-4-15(17)13-26-24-19(25)16-5-3-9-22-18(16)23-12-14-7-10-21-11-8-14/h1-11H,12-13,20H2,(H,22,23)(H,24,25). The van der Waals surface area contributed by atoms with Gasteiger partial charge in [-0.3, -0.25) is 14.6 Å². The van der Waals surface area contributed by atoms with Crippen molar-refractivity contribution >= 4 is 25.0 Å². The maximum Gasteiger partial charge on any atom is 0.278 e. The summed E-state index contributed by atoms with van der Waals surface area (Å²) in [7, 11) is 2.00. The Labute approximate surface area is 153 Å². The van der Waals surface area contributed by atoms with Gasteiger partial charge in [-0.05, 0) is 35.4 Å². The highest BCUT2D eigenvalue weighted by Gasteiger charge is 2.12. The van der Waals surface area contributed by atoms with Gasteiger partial charge in [-0.1, -0.05) is 29.7 Å². The van der Waals surface area contributed by atoms with Gasteiger partial charge >= 0.3 is 0 Å². The third kappa shape index (κ3) is 4.67. The fourth-order valence-electron chi connectivity index (χ4n) is 2.42. The van der Waals surface area contributed by atoms with Gasteiger partial charge in [0.1, 0.15) is 13.7 Å². The van der Waals surface area contributed by atoms with Gasteiger partial charge in [0.15, 0.2) is 0 Å². The minimum Gasteiger partial charge on any atom is -0.365 e. The monoisotopic (exact) mass is 346 g/mol. The summed E-state index contributed by atoms with van der Waals surface area (Å²) in [4.78, 5) is 26.0. The number of aromatic nitrogens is 2. The minimum absolute atomic E-state index is 0.304. The van der Waals surface area contributed by atoms with Gasteiger partial charge in [0.25, 0.3) is 5.91 Å². The number of carbonyl (C=O) groups is 1. The van der Waals surface area contributed by atoms with Crippen LogP contribution < -0.4 is 16.3 Å². The van der Waals surface area contributed by atoms with Crippen LogP contribution in [0.2, 0.25) is 0 Å². The first-order valence-electron chi connectivity index (χ1n) is 8.28. The molecule has 0 radical (unpaired) electrons. The fraction of sp³-hybridized carbons (Fsp3) is 0.105. The van der Waals surface area contributed by atoms with Crippen LogP contribution in [0.4, 0.5) is 5.82 Å². The molecule has 0 aliphatic carbocycles. The van der Waals surface area contributed by atoms with Crippen molar-refractivity contribution < 1.29 is 9.63 Å². The zero-order valence-electron chi connectivity index (χ0n) is 14.5. The zero-order valence-corrected chi connectivity index (χ0v) is 14.5. The molecule has 26 heavy (non-hydrogen) atoms. The number of nitrogens with one attached hydrogen (secondary N) is 2. The second-order valence-corrected chi connectivity index (χ2v) is 5.75. The van der Waals surface area contributed by atoms with Gasteiger partial charge in [0.05, 0.1) is 12.2 Å². The fourth-order valence-corrected chi connectivity index (χ4v) is 2.42. The van der Waals surface area contributed by atoms with Crippen LogP contribution in [-0.2, 0) is 18.0 Å². The van der Waals surface area contributed by atoms with Crippen molar-refractivity contribution in [3.05, 3.63) is 83.8 Å². The first-order chi connectivity index (χ1) is 12.7. The number of nitrogens with zero attached hydrogens (tertiary/aromatic N) is 2. The molecule has 2 N–H and O–H groups in total. The summed E-state index contributed by atoms with van der Waals surface area (Å²) in [6, 6.07) is 15.1. The molecule has 1 amide bonds. The molecule has 6 nitrogen and oxygen atoms in total. The Morgan fingerprint density at radius 2 is 1.85 bits per heavy atom. The topological polar surface area (TPSA) is 76.1 Å². The number of hydroxylamine groups is 1. The Morgan fingerprint density at radius 1 is 1.04 bits per heavy atom. The van der Waals surface area contributed by atoms with Crippen molar-refractivity contribution in [3.63, 3.8) is 0 Å². The molecule has 3 rings (SSSR count). The summed E-state index contributed by atoms with van der Waals surface area (Å²) in [5, 5.41) is 3.17. The number of anilines is 1. The summed E-state index contributed by atoms with van der Waals surface area (Å²) < 4.78 is 0. The molecule has 0 saturated heterocycles. The summed E-state index contributed by atoms with van der Waals surface area (Å²) >= 11 is 0. The second kappa shape index (κ2) is 8.78. The van der Waals surface area contributed by atoms with Crippen molar-refractivity contribution in [1.82, 2.24) is 15.4 Å². The van der Waals surface area contributed by atoms with Crippen LogP contribution in [0.15, 0.2) is 67.1 Å². The highest BCUT2D eigenvalue weighted by Crippen LogP contribution is 2.13. The third-order valence-corrected chi connectivity index (χ3v) is 3.92. The lowest BCUT2D eigenvalue weighted by Crippen LogP contribution is -2.26. The molecule has 130 valence electrons. The molecule has 3 aromatic rings. The molecule has 0 aliphatic rings. The van der Waals surface area contributed by atoms with Crippen LogP contribution in [0.5, 0.6) is 0 Å². The predicted octanol–water partition coefficient (Wildman–Crippen LogP) is 1.21. The summed E-state index contributed by atoms with van der Waals surface area (Å²) in [6.45, 7) is 0.850. The molecule has 0 atom stereocenters. The van der Waals surface area contributed by atoms with Crippen molar-refractivity contribution in [2.24, 2.45) is 0 Å². The Morgan fingerprint density at radius 3 is 2.65 bits per heavy atom. The van der Waals surface area contributed by atoms with Crippen LogP contribution in [-0.4, -0.2) is 23.7 Å². The molecule has 2 heterocycles. The molecule has 2 aromatic heterocycles. The number of benzene rings is 1. The second-order valence-electron chi connectivity index (χ2n) is 5.75. The molecular weight excluding hydrogens is 327 g/mol. The van der Waals surface area contributed by atoms with E-state index in [2.05, 4.69) is 20.8 Å². The number of amides is 1. The van der Waals surface area contributed by atoms with E-state index in [9.17, 15) is 4.79 Å². The summed E-state index contributed by atoms with van der Waals surface area (Å²) in [5.74, 6) is 0.158. The zero-order chi connectivity index (χ0) is 18.2. The van der Waals surface area contributed by atoms with Crippen LogP contribution in [0.25, 0.3) is 0 Å². The largest absolute Gasteiger partial charge is 0.365 e. The van der Waals surface area contributed by atoms with Gasteiger partial charge < -0.3 is 5.32 Å². The molecule has 0 aliphatic heterocycles. The van der Waals surface area contributed by atoms with Crippen molar-refractivity contribution in [1.29, 1.82) is 0 Å². The van der Waals surface area contributed by atoms with Crippen LogP contribution in [0.3, 0.4) is 0 Å². The minimum atomic E-state index is -0.344. The van der Waals surface area contributed by atoms with Gasteiger partial charge in [0, 0.05) is 25.1 Å². The summed E-state index contributed by atoms with van der Waals surface area (Å²) in [5.41, 5.74) is 6.09. The molecule has 0 spiro atoms. The van der Waals surface area contributed by atoms with E-state index >= 15 is 0 Å². The van der Waals surface area contributed by atoms with E-state index in [-0.39, 0.29) is 5.91 Å². The first kappa shape index (κ1) is 17.6. The maximum absolute atomic E-state index is 12.4. The molecule has 0 saturated carbocycles. The van der Waals surface area contributed by atoms with Crippen molar-refractivity contribution in [3.8, 4) is 0 Å². The predicted molar refractivity (Wildman–Crippen MR) is 103 cm³/mol. The quantitative estimate of drug-likeness (QED) is 0.497. The molecule has 0 bridgehead atoms. The highest BCUT2D eigenvalue weighted by molar-refractivity contribution is 6.33. The van der Waals surface area contributed by atoms with E-state index in [0.29, 0.717) is 24.5 Å².